The Kier molecular flexibility index (Phi) is 4.61. The Balaban J connectivity index is 1.98. The largest absolute Gasteiger partial charge is 0.438 e. The van der Waals surface area contributed by atoms with E-state index in [9.17, 15) is 10.1 Å². The molecule has 0 saturated carbocycles. The lowest BCUT2D eigenvalue weighted by Crippen LogP contribution is -2.00. The van der Waals surface area contributed by atoms with Crippen molar-refractivity contribution < 1.29 is 9.66 Å². The third kappa shape index (κ3) is 3.58. The van der Waals surface area contributed by atoms with Gasteiger partial charge in [-0.1, -0.05) is 48.0 Å². The summed E-state index contributed by atoms with van der Waals surface area (Å²) in [7, 11) is 1.58. The second-order valence-corrected chi connectivity index (χ2v) is 5.49. The highest BCUT2D eigenvalue weighted by atomic mass is 16.6. The van der Waals surface area contributed by atoms with Crippen molar-refractivity contribution in [2.24, 2.45) is 0 Å². The van der Waals surface area contributed by atoms with Crippen molar-refractivity contribution in [3.8, 4) is 22.8 Å². The molecule has 1 aromatic heterocycles. The second-order valence-electron chi connectivity index (χ2n) is 5.49. The lowest BCUT2D eigenvalue weighted by atomic mass is 10.0. The van der Waals surface area contributed by atoms with E-state index in [-0.39, 0.29) is 17.4 Å². The monoisotopic (exact) mass is 335 g/mol. The molecule has 6 heteroatoms. The van der Waals surface area contributed by atoms with E-state index in [4.69, 9.17) is 4.74 Å². The number of nitrogens with zero attached hydrogens (tertiary/aromatic N) is 2. The van der Waals surface area contributed by atoms with Crippen LogP contribution in [0.4, 0.5) is 11.5 Å². The van der Waals surface area contributed by atoms with E-state index >= 15 is 0 Å². The molecule has 3 aromatic rings. The van der Waals surface area contributed by atoms with E-state index < -0.39 is 4.92 Å². The van der Waals surface area contributed by atoms with Gasteiger partial charge in [-0.3, -0.25) is 10.1 Å². The van der Waals surface area contributed by atoms with E-state index in [1.54, 1.807) is 7.05 Å². The van der Waals surface area contributed by atoms with Gasteiger partial charge in [0, 0.05) is 24.7 Å². The van der Waals surface area contributed by atoms with Gasteiger partial charge >= 0.3 is 5.69 Å². The summed E-state index contributed by atoms with van der Waals surface area (Å²) in [4.78, 5) is 14.7. The van der Waals surface area contributed by atoms with E-state index in [1.807, 2.05) is 49.4 Å². The third-order valence-electron chi connectivity index (χ3n) is 3.71. The zero-order valence-corrected chi connectivity index (χ0v) is 13.9. The molecule has 126 valence electrons. The number of rotatable bonds is 5. The zero-order chi connectivity index (χ0) is 17.8. The SMILES string of the molecule is CNc1nc(Oc2ccccc2-c2cccc(C)c2)ccc1[N+](=O)[O-]. The van der Waals surface area contributed by atoms with Crippen LogP contribution >= 0.6 is 0 Å². The zero-order valence-electron chi connectivity index (χ0n) is 13.9. The maximum atomic E-state index is 11.0. The number of hydrogen-bond acceptors (Lipinski definition) is 5. The Morgan fingerprint density at radius 2 is 1.88 bits per heavy atom. The molecule has 0 aliphatic heterocycles. The molecule has 0 unspecified atom stereocenters. The molecule has 0 spiro atoms. The van der Waals surface area contributed by atoms with Gasteiger partial charge in [0.1, 0.15) is 5.75 Å². The topological polar surface area (TPSA) is 77.3 Å². The average Bonchev–Trinajstić information content (AvgIpc) is 2.62. The van der Waals surface area contributed by atoms with Gasteiger partial charge in [0.15, 0.2) is 0 Å². The summed E-state index contributed by atoms with van der Waals surface area (Å²) in [5.74, 6) is 1.09. The summed E-state index contributed by atoms with van der Waals surface area (Å²) in [6.07, 6.45) is 0. The molecular formula is C19H17N3O3. The fourth-order valence-electron chi connectivity index (χ4n) is 2.54. The molecule has 0 fully saturated rings. The molecule has 1 heterocycles. The highest BCUT2D eigenvalue weighted by Gasteiger charge is 2.16. The number of hydrogen-bond donors (Lipinski definition) is 1. The molecular weight excluding hydrogens is 318 g/mol. The van der Waals surface area contributed by atoms with Gasteiger partial charge < -0.3 is 10.1 Å². The van der Waals surface area contributed by atoms with Crippen LogP contribution in [0, 0.1) is 17.0 Å². The van der Waals surface area contributed by atoms with Gasteiger partial charge in [-0.05, 0) is 18.6 Å². The molecule has 0 radical (unpaired) electrons. The van der Waals surface area contributed by atoms with Gasteiger partial charge in [-0.15, -0.1) is 0 Å². The smallest absolute Gasteiger partial charge is 0.311 e. The number of anilines is 1. The van der Waals surface area contributed by atoms with Crippen molar-refractivity contribution in [2.45, 2.75) is 6.92 Å². The number of pyridine rings is 1. The molecule has 2 aromatic carbocycles. The lowest BCUT2D eigenvalue weighted by Gasteiger charge is -2.12. The number of nitrogens with one attached hydrogen (secondary N) is 1. The predicted octanol–water partition coefficient (Wildman–Crippen LogP) is 4.80. The molecule has 0 saturated heterocycles. The van der Waals surface area contributed by atoms with Crippen LogP contribution in [0.15, 0.2) is 60.7 Å². The molecule has 0 amide bonds. The highest BCUT2D eigenvalue weighted by molar-refractivity contribution is 5.71. The number of para-hydroxylation sites is 1. The molecule has 1 N–H and O–H groups in total. The van der Waals surface area contributed by atoms with Crippen LogP contribution in [0.3, 0.4) is 0 Å². The summed E-state index contributed by atoms with van der Waals surface area (Å²) in [6.45, 7) is 2.03. The molecule has 6 nitrogen and oxygen atoms in total. The Morgan fingerprint density at radius 1 is 1.08 bits per heavy atom. The summed E-state index contributed by atoms with van der Waals surface area (Å²) >= 11 is 0. The molecule has 25 heavy (non-hydrogen) atoms. The number of aromatic nitrogens is 1. The van der Waals surface area contributed by atoms with Crippen molar-refractivity contribution in [3.05, 3.63) is 76.3 Å². The van der Waals surface area contributed by atoms with E-state index in [1.165, 1.54) is 12.1 Å². The summed E-state index contributed by atoms with van der Waals surface area (Å²) < 4.78 is 5.91. The molecule has 0 atom stereocenters. The quantitative estimate of drug-likeness (QED) is 0.535. The van der Waals surface area contributed by atoms with Crippen LogP contribution in [0.25, 0.3) is 11.1 Å². The Hall–Kier alpha value is -3.41. The average molecular weight is 335 g/mol. The van der Waals surface area contributed by atoms with Crippen molar-refractivity contribution in [3.63, 3.8) is 0 Å². The first kappa shape index (κ1) is 16.4. The van der Waals surface area contributed by atoms with Crippen LogP contribution in [0.1, 0.15) is 5.56 Å². The van der Waals surface area contributed by atoms with Gasteiger partial charge in [0.05, 0.1) is 4.92 Å². The van der Waals surface area contributed by atoms with Gasteiger partial charge in [0.25, 0.3) is 0 Å². The van der Waals surface area contributed by atoms with Crippen LogP contribution in [0.2, 0.25) is 0 Å². The number of nitro groups is 1. The van der Waals surface area contributed by atoms with Crippen molar-refractivity contribution in [2.75, 3.05) is 12.4 Å². The van der Waals surface area contributed by atoms with Crippen molar-refractivity contribution in [1.29, 1.82) is 0 Å². The maximum absolute atomic E-state index is 11.0. The maximum Gasteiger partial charge on any atom is 0.311 e. The summed E-state index contributed by atoms with van der Waals surface area (Å²) in [5.41, 5.74) is 3.02. The summed E-state index contributed by atoms with van der Waals surface area (Å²) in [5, 5.41) is 13.7. The first-order valence-corrected chi connectivity index (χ1v) is 7.75. The predicted molar refractivity (Wildman–Crippen MR) is 97.1 cm³/mol. The first-order valence-electron chi connectivity index (χ1n) is 7.75. The normalized spacial score (nSPS) is 10.3. The number of benzene rings is 2. The molecule has 0 bridgehead atoms. The fraction of sp³-hybridized carbons (Fsp3) is 0.105. The van der Waals surface area contributed by atoms with Crippen molar-refractivity contribution >= 4 is 11.5 Å². The highest BCUT2D eigenvalue weighted by Crippen LogP contribution is 2.34. The number of ether oxygens (including phenoxy) is 1. The Bertz CT molecular complexity index is 925. The minimum absolute atomic E-state index is 0.0955. The van der Waals surface area contributed by atoms with E-state index in [0.29, 0.717) is 5.75 Å². The third-order valence-corrected chi connectivity index (χ3v) is 3.71. The standard InChI is InChI=1S/C19H17N3O3/c1-13-6-5-7-14(12-13)15-8-3-4-9-17(15)25-18-11-10-16(22(23)24)19(20-2)21-18/h3-12H,1-2H3,(H,20,21). The molecule has 0 aliphatic rings. The second kappa shape index (κ2) is 7.00. The lowest BCUT2D eigenvalue weighted by molar-refractivity contribution is -0.384. The van der Waals surface area contributed by atoms with Crippen LogP contribution < -0.4 is 10.1 Å². The number of aryl methyl sites for hydroxylation is 1. The minimum atomic E-state index is -0.483. The van der Waals surface area contributed by atoms with Gasteiger partial charge in [-0.25, -0.2) is 0 Å². The van der Waals surface area contributed by atoms with Crippen LogP contribution in [0.5, 0.6) is 11.6 Å². The molecule has 3 rings (SSSR count). The van der Waals surface area contributed by atoms with Gasteiger partial charge in [-0.2, -0.15) is 4.98 Å². The van der Waals surface area contributed by atoms with Crippen LogP contribution in [-0.4, -0.2) is 17.0 Å². The van der Waals surface area contributed by atoms with Gasteiger partial charge in [0.2, 0.25) is 11.7 Å². The molecule has 0 aliphatic carbocycles. The van der Waals surface area contributed by atoms with Crippen LogP contribution in [-0.2, 0) is 0 Å². The first-order chi connectivity index (χ1) is 12.1. The Labute approximate surface area is 145 Å². The minimum Gasteiger partial charge on any atom is -0.438 e. The fourth-order valence-corrected chi connectivity index (χ4v) is 2.54. The van der Waals surface area contributed by atoms with Crippen molar-refractivity contribution in [1.82, 2.24) is 4.98 Å². The summed E-state index contributed by atoms with van der Waals surface area (Å²) in [6, 6.07) is 18.6. The Morgan fingerprint density at radius 3 is 2.60 bits per heavy atom. The van der Waals surface area contributed by atoms with E-state index in [2.05, 4.69) is 16.4 Å². The van der Waals surface area contributed by atoms with E-state index in [0.717, 1.165) is 16.7 Å².